The van der Waals surface area contributed by atoms with Gasteiger partial charge in [0.2, 0.25) is 15.9 Å². The van der Waals surface area contributed by atoms with Gasteiger partial charge in [0, 0.05) is 63.4 Å². The van der Waals surface area contributed by atoms with Gasteiger partial charge in [0.15, 0.2) is 0 Å². The second-order valence-electron chi connectivity index (χ2n) is 14.6. The molecule has 25 heteroatoms. The quantitative estimate of drug-likeness (QED) is 0.0439. The zero-order valence-corrected chi connectivity index (χ0v) is 40.0. The van der Waals surface area contributed by atoms with E-state index in [4.69, 9.17) is 53.2 Å². The number of carbonyl (C=O) groups is 5. The minimum absolute atomic E-state index is 0.0110. The van der Waals surface area contributed by atoms with Crippen molar-refractivity contribution in [3.05, 3.63) is 41.5 Å². The molecule has 2 aliphatic rings. The number of aliphatic imine (C=N–C) groups is 1. The summed E-state index contributed by atoms with van der Waals surface area (Å²) in [5.74, 6) is -1.74. The fourth-order valence-corrected chi connectivity index (χ4v) is 6.63. The van der Waals surface area contributed by atoms with Crippen LogP contribution in [0.2, 0.25) is 0 Å². The molecule has 68 heavy (non-hydrogen) atoms. The summed E-state index contributed by atoms with van der Waals surface area (Å²) in [7, 11) is -0.832. The first-order valence-electron chi connectivity index (χ1n) is 22.2. The molecule has 0 aliphatic carbocycles. The number of ether oxygens (including phenoxy) is 9. The summed E-state index contributed by atoms with van der Waals surface area (Å²) < 4.78 is 75.0. The van der Waals surface area contributed by atoms with E-state index in [2.05, 4.69) is 15.6 Å². The predicted molar refractivity (Wildman–Crippen MR) is 244 cm³/mol. The molecule has 0 aromatic heterocycles. The number of amidine groups is 1. The average molecular weight is 986 g/mol. The Morgan fingerprint density at radius 3 is 1.69 bits per heavy atom. The maximum atomic E-state index is 13.5. The summed E-state index contributed by atoms with van der Waals surface area (Å²) in [4.78, 5) is 71.3. The Morgan fingerprint density at radius 1 is 0.706 bits per heavy atom. The number of nitrogens with zero attached hydrogens (tertiary/aromatic N) is 4. The number of imide groups is 1. The van der Waals surface area contributed by atoms with E-state index in [0.717, 1.165) is 21.4 Å². The number of hydrogen-bond donors (Lipinski definition) is 3. The van der Waals surface area contributed by atoms with Crippen LogP contribution in [0.1, 0.15) is 25.3 Å². The number of carbonyl (C=O) groups excluding carboxylic acids is 5. The highest BCUT2D eigenvalue weighted by atomic mass is 32.2. The van der Waals surface area contributed by atoms with Gasteiger partial charge in [-0.3, -0.25) is 28.9 Å². The van der Waals surface area contributed by atoms with Crippen molar-refractivity contribution in [2.45, 2.75) is 24.7 Å². The zero-order chi connectivity index (χ0) is 49.4. The second kappa shape index (κ2) is 33.5. The van der Waals surface area contributed by atoms with Crippen LogP contribution in [0.4, 0.5) is 10.5 Å². The van der Waals surface area contributed by atoms with Crippen molar-refractivity contribution in [2.24, 2.45) is 10.7 Å². The maximum Gasteiger partial charge on any atom is 0.407 e. The van der Waals surface area contributed by atoms with Gasteiger partial charge in [-0.05, 0) is 24.6 Å². The van der Waals surface area contributed by atoms with Crippen molar-refractivity contribution in [3.8, 4) is 0 Å². The molecule has 0 fully saturated rings. The first-order chi connectivity index (χ1) is 32.8. The number of fused-ring (bicyclic) bond motifs is 1. The van der Waals surface area contributed by atoms with Crippen LogP contribution in [-0.4, -0.2) is 217 Å². The SMILES string of the molecule is CCCN(OCCNC(=O)OCCOCCOCCOCCOCCOCCOCCOCCOCCNC(=O)CN1C(=O)C=CC1=O)C(=O)C1=Cc2ccc(S(=O)(=O)N(C)C)cc2N=C(N)C1. The highest BCUT2D eigenvalue weighted by Crippen LogP contribution is 2.30. The van der Waals surface area contributed by atoms with Crippen LogP contribution in [0.15, 0.2) is 45.8 Å². The minimum atomic E-state index is -3.70. The van der Waals surface area contributed by atoms with Crippen molar-refractivity contribution in [3.63, 3.8) is 0 Å². The Hall–Kier alpha value is -4.93. The lowest BCUT2D eigenvalue weighted by molar-refractivity contribution is -0.181. The van der Waals surface area contributed by atoms with E-state index in [1.807, 2.05) is 6.92 Å². The molecule has 0 radical (unpaired) electrons. The Kier molecular flexibility index (Phi) is 28.3. The summed E-state index contributed by atoms with van der Waals surface area (Å²) in [6.45, 7) is 8.01. The normalized spacial score (nSPS) is 13.6. The lowest BCUT2D eigenvalue weighted by Crippen LogP contribution is -2.41. The highest BCUT2D eigenvalue weighted by molar-refractivity contribution is 7.89. The number of hydrogen-bond acceptors (Lipinski definition) is 19. The summed E-state index contributed by atoms with van der Waals surface area (Å²) >= 11 is 0. The van der Waals surface area contributed by atoms with Gasteiger partial charge in [-0.25, -0.2) is 27.6 Å². The van der Waals surface area contributed by atoms with E-state index in [1.54, 1.807) is 12.1 Å². The molecule has 0 atom stereocenters. The lowest BCUT2D eigenvalue weighted by Gasteiger charge is -2.22. The Bertz CT molecular complexity index is 1920. The first kappa shape index (κ1) is 57.4. The zero-order valence-electron chi connectivity index (χ0n) is 39.1. The molecule has 4 N–H and O–H groups in total. The summed E-state index contributed by atoms with van der Waals surface area (Å²) in [6.07, 6.45) is 3.83. The molecule has 1 aromatic rings. The van der Waals surface area contributed by atoms with Crippen LogP contribution in [0, 0.1) is 0 Å². The molecule has 0 saturated heterocycles. The Labute approximate surface area is 397 Å². The van der Waals surface area contributed by atoms with Crippen molar-refractivity contribution >= 4 is 57.3 Å². The molecule has 0 saturated carbocycles. The molecule has 0 unspecified atom stereocenters. The van der Waals surface area contributed by atoms with E-state index in [9.17, 15) is 32.4 Å². The smallest absolute Gasteiger partial charge is 0.407 e. The van der Waals surface area contributed by atoms with Crippen molar-refractivity contribution < 1.29 is 79.9 Å². The summed E-state index contributed by atoms with van der Waals surface area (Å²) in [6, 6.07) is 4.45. The average Bonchev–Trinajstić information content (AvgIpc) is 3.51. The number of amides is 5. The molecule has 24 nitrogen and oxygen atoms in total. The highest BCUT2D eigenvalue weighted by Gasteiger charge is 2.26. The van der Waals surface area contributed by atoms with Gasteiger partial charge in [0.1, 0.15) is 19.0 Å². The minimum Gasteiger partial charge on any atom is -0.447 e. The van der Waals surface area contributed by atoms with Crippen LogP contribution >= 0.6 is 0 Å². The first-order valence-corrected chi connectivity index (χ1v) is 23.6. The van der Waals surface area contributed by atoms with Crippen LogP contribution in [0.5, 0.6) is 0 Å². The Morgan fingerprint density at radius 2 is 1.19 bits per heavy atom. The molecule has 5 amide bonds. The molecular formula is C43H67N7O17S. The summed E-state index contributed by atoms with van der Waals surface area (Å²) in [5, 5.41) is 6.35. The fraction of sp³-hybridized carbons (Fsp3) is 0.628. The second-order valence-corrected chi connectivity index (χ2v) is 16.8. The maximum absolute atomic E-state index is 13.5. The third kappa shape index (κ3) is 22.9. The van der Waals surface area contributed by atoms with Gasteiger partial charge in [-0.15, -0.1) is 0 Å². The van der Waals surface area contributed by atoms with Crippen molar-refractivity contribution in [1.29, 1.82) is 0 Å². The van der Waals surface area contributed by atoms with Gasteiger partial charge in [0.05, 0.1) is 123 Å². The molecular weight excluding hydrogens is 919 g/mol. The van der Waals surface area contributed by atoms with Gasteiger partial charge in [-0.2, -0.15) is 0 Å². The van der Waals surface area contributed by atoms with E-state index < -0.39 is 39.7 Å². The molecule has 3 rings (SSSR count). The molecule has 0 spiro atoms. The van der Waals surface area contributed by atoms with Crippen LogP contribution < -0.4 is 16.4 Å². The van der Waals surface area contributed by atoms with Gasteiger partial charge < -0.3 is 59.0 Å². The van der Waals surface area contributed by atoms with Gasteiger partial charge >= 0.3 is 6.09 Å². The van der Waals surface area contributed by atoms with Crippen LogP contribution in [0.3, 0.4) is 0 Å². The van der Waals surface area contributed by atoms with Gasteiger partial charge in [0.25, 0.3) is 17.7 Å². The predicted octanol–water partition coefficient (Wildman–Crippen LogP) is -0.217. The molecule has 1 aromatic carbocycles. The van der Waals surface area contributed by atoms with Crippen molar-refractivity contribution in [2.75, 3.05) is 159 Å². The van der Waals surface area contributed by atoms with E-state index in [0.29, 0.717) is 116 Å². The fourth-order valence-electron chi connectivity index (χ4n) is 5.71. The van der Waals surface area contributed by atoms with E-state index >= 15 is 0 Å². The van der Waals surface area contributed by atoms with Crippen LogP contribution in [-0.2, 0) is 76.7 Å². The van der Waals surface area contributed by atoms with E-state index in [1.165, 1.54) is 31.3 Å². The number of sulfonamides is 1. The number of rotatable bonds is 38. The largest absolute Gasteiger partial charge is 0.447 e. The van der Waals surface area contributed by atoms with Gasteiger partial charge in [-0.1, -0.05) is 13.0 Å². The third-order valence-electron chi connectivity index (χ3n) is 9.13. The monoisotopic (exact) mass is 985 g/mol. The van der Waals surface area contributed by atoms with Crippen LogP contribution in [0.25, 0.3) is 6.08 Å². The topological polar surface area (TPSA) is 284 Å². The number of benzene rings is 1. The number of nitrogens with one attached hydrogen (secondary N) is 2. The van der Waals surface area contributed by atoms with E-state index in [-0.39, 0.29) is 69.8 Å². The molecule has 382 valence electrons. The summed E-state index contributed by atoms with van der Waals surface area (Å²) in [5.41, 5.74) is 7.29. The molecule has 2 heterocycles. The Balaban J connectivity index is 1.05. The van der Waals surface area contributed by atoms with Crippen molar-refractivity contribution in [1.82, 2.24) is 24.9 Å². The standard InChI is InChI=1S/C43H67N7O17S/c1-4-11-50(42(54)35-30-34-5-6-36(68(56,57)48(2)3)32-37(34)47-38(44)31-35)67-13-10-46-43(55)66-29-28-65-27-26-64-25-24-63-23-22-62-21-20-61-19-18-60-17-16-59-15-14-58-12-9-45-39(51)33-49-40(52)7-8-41(49)53/h5-8,30,32H,4,9-29,31,33H2,1-3H3,(H2,44,47)(H,45,51)(H,46,55). The molecule has 2 aliphatic heterocycles. The number of hydroxylamine groups is 2. The third-order valence-corrected chi connectivity index (χ3v) is 10.9. The number of nitrogens with two attached hydrogens (primary N) is 1. The lowest BCUT2D eigenvalue weighted by atomic mass is 10.1. The molecule has 0 bridgehead atoms. The number of alkyl carbamates (subject to hydrolysis) is 1.